The molecule has 112 valence electrons. The fourth-order valence-electron chi connectivity index (χ4n) is 2.55. The summed E-state index contributed by atoms with van der Waals surface area (Å²) in [5.74, 6) is -0.262. The Kier molecular flexibility index (Phi) is 4.23. The van der Waals surface area contributed by atoms with Gasteiger partial charge in [-0.1, -0.05) is 59.1 Å². The van der Waals surface area contributed by atoms with Gasteiger partial charge in [-0.15, -0.1) is 0 Å². The van der Waals surface area contributed by atoms with E-state index in [1.807, 2.05) is 37.3 Å². The number of cyclic esters (lactones) is 1. The van der Waals surface area contributed by atoms with Gasteiger partial charge in [0.15, 0.2) is 0 Å². The second-order valence-electron chi connectivity index (χ2n) is 5.23. The van der Waals surface area contributed by atoms with Gasteiger partial charge in [-0.3, -0.25) is 0 Å². The molecular formula is C18H14Cl2O2. The van der Waals surface area contributed by atoms with Crippen molar-refractivity contribution in [3.05, 3.63) is 74.8 Å². The van der Waals surface area contributed by atoms with E-state index in [-0.39, 0.29) is 5.97 Å². The van der Waals surface area contributed by atoms with Crippen LogP contribution < -0.4 is 0 Å². The number of hydrogen-bond donors (Lipinski definition) is 0. The quantitative estimate of drug-likeness (QED) is 0.568. The zero-order valence-electron chi connectivity index (χ0n) is 12.0. The van der Waals surface area contributed by atoms with Crippen molar-refractivity contribution in [1.82, 2.24) is 0 Å². The molecule has 0 N–H and O–H groups in total. The number of benzene rings is 2. The lowest BCUT2D eigenvalue weighted by atomic mass is 9.92. The molecule has 1 aliphatic heterocycles. The Morgan fingerprint density at radius 3 is 2.27 bits per heavy atom. The Bertz CT molecular complexity index is 761. The molecule has 0 amide bonds. The molecule has 2 nitrogen and oxygen atoms in total. The summed E-state index contributed by atoms with van der Waals surface area (Å²) in [5, 5.41) is 0.961. The maximum atomic E-state index is 12.0. The molecule has 0 saturated carbocycles. The van der Waals surface area contributed by atoms with Gasteiger partial charge in [0, 0.05) is 12.0 Å². The van der Waals surface area contributed by atoms with Crippen LogP contribution >= 0.6 is 23.2 Å². The second kappa shape index (κ2) is 6.15. The van der Waals surface area contributed by atoms with E-state index in [0.29, 0.717) is 28.6 Å². The number of carbonyl (C=O) groups excluding carboxylic acids is 1. The molecule has 0 aliphatic carbocycles. The Morgan fingerprint density at radius 1 is 1.00 bits per heavy atom. The van der Waals surface area contributed by atoms with Crippen LogP contribution in [0.4, 0.5) is 0 Å². The third kappa shape index (κ3) is 2.90. The lowest BCUT2D eigenvalue weighted by molar-refractivity contribution is -0.135. The largest absolute Gasteiger partial charge is 0.462 e. The molecule has 0 spiro atoms. The molecule has 4 heteroatoms. The van der Waals surface area contributed by atoms with Crippen molar-refractivity contribution < 1.29 is 9.53 Å². The van der Waals surface area contributed by atoms with Gasteiger partial charge in [0.1, 0.15) is 0 Å². The highest BCUT2D eigenvalue weighted by atomic mass is 35.5. The van der Waals surface area contributed by atoms with Crippen LogP contribution in [0.15, 0.2) is 48.0 Å². The minimum absolute atomic E-state index is 0.262. The fraction of sp³-hybridized carbons (Fsp3) is 0.167. The molecule has 1 aliphatic rings. The topological polar surface area (TPSA) is 26.3 Å². The Balaban J connectivity index is 2.21. The number of ether oxygens (including phenoxy) is 1. The summed E-state index contributed by atoms with van der Waals surface area (Å²) in [6.45, 7) is 2.45. The van der Waals surface area contributed by atoms with Crippen molar-refractivity contribution >= 4 is 34.7 Å². The summed E-state index contributed by atoms with van der Waals surface area (Å²) in [6, 6.07) is 13.5. The molecule has 0 atom stereocenters. The zero-order valence-corrected chi connectivity index (χ0v) is 13.5. The van der Waals surface area contributed by atoms with E-state index in [9.17, 15) is 4.79 Å². The Hall–Kier alpha value is -1.77. The standard InChI is InChI=1S/C18H14Cl2O2/c1-11-2-4-12(5-3-11)17(14-8-9-22-18(14)21)13-6-7-15(19)16(20)10-13/h2-7,10H,8-9H2,1H3/b17-14-. The van der Waals surface area contributed by atoms with Gasteiger partial charge in [-0.25, -0.2) is 4.79 Å². The Morgan fingerprint density at radius 2 is 1.68 bits per heavy atom. The van der Waals surface area contributed by atoms with Crippen LogP contribution in [0.1, 0.15) is 23.1 Å². The molecule has 2 aromatic rings. The molecular weight excluding hydrogens is 319 g/mol. The van der Waals surface area contributed by atoms with Gasteiger partial charge in [0.05, 0.1) is 16.7 Å². The number of hydrogen-bond acceptors (Lipinski definition) is 2. The van der Waals surface area contributed by atoms with E-state index in [1.165, 1.54) is 0 Å². The number of aryl methyl sites for hydroxylation is 1. The highest BCUT2D eigenvalue weighted by Crippen LogP contribution is 2.34. The van der Waals surface area contributed by atoms with Crippen LogP contribution in [0.25, 0.3) is 5.57 Å². The first-order valence-corrected chi connectivity index (χ1v) is 7.74. The van der Waals surface area contributed by atoms with Gasteiger partial charge >= 0.3 is 5.97 Å². The molecule has 3 rings (SSSR count). The lowest BCUT2D eigenvalue weighted by Crippen LogP contribution is -2.01. The summed E-state index contributed by atoms with van der Waals surface area (Å²) in [6.07, 6.45) is 0.599. The maximum Gasteiger partial charge on any atom is 0.334 e. The number of rotatable bonds is 2. The van der Waals surface area contributed by atoms with Crippen molar-refractivity contribution in [1.29, 1.82) is 0 Å². The van der Waals surface area contributed by atoms with Gasteiger partial charge in [-0.05, 0) is 35.8 Å². The van der Waals surface area contributed by atoms with Crippen molar-refractivity contribution in [2.24, 2.45) is 0 Å². The maximum absolute atomic E-state index is 12.0. The lowest BCUT2D eigenvalue weighted by Gasteiger charge is -2.12. The predicted molar refractivity (Wildman–Crippen MR) is 89.2 cm³/mol. The first-order valence-electron chi connectivity index (χ1n) is 6.99. The third-order valence-corrected chi connectivity index (χ3v) is 4.42. The molecule has 0 bridgehead atoms. The van der Waals surface area contributed by atoms with Crippen LogP contribution in [0.3, 0.4) is 0 Å². The highest BCUT2D eigenvalue weighted by Gasteiger charge is 2.25. The van der Waals surface area contributed by atoms with Crippen LogP contribution in [-0.2, 0) is 9.53 Å². The summed E-state index contributed by atoms with van der Waals surface area (Å²) < 4.78 is 5.11. The summed E-state index contributed by atoms with van der Waals surface area (Å²) in [5.41, 5.74) is 4.55. The number of halogens is 2. The van der Waals surface area contributed by atoms with Gasteiger partial charge in [0.25, 0.3) is 0 Å². The predicted octanol–water partition coefficient (Wildman–Crippen LogP) is 5.05. The van der Waals surface area contributed by atoms with Gasteiger partial charge < -0.3 is 4.74 Å². The van der Waals surface area contributed by atoms with Gasteiger partial charge in [-0.2, -0.15) is 0 Å². The average molecular weight is 333 g/mol. The number of esters is 1. The van der Waals surface area contributed by atoms with E-state index >= 15 is 0 Å². The minimum atomic E-state index is -0.262. The Labute approximate surface area is 139 Å². The average Bonchev–Trinajstić information content (AvgIpc) is 2.91. The van der Waals surface area contributed by atoms with E-state index in [1.54, 1.807) is 12.1 Å². The molecule has 0 radical (unpaired) electrons. The highest BCUT2D eigenvalue weighted by molar-refractivity contribution is 6.42. The number of carbonyl (C=O) groups is 1. The molecule has 1 heterocycles. The smallest absolute Gasteiger partial charge is 0.334 e. The molecule has 2 aromatic carbocycles. The van der Waals surface area contributed by atoms with Crippen LogP contribution in [0.5, 0.6) is 0 Å². The van der Waals surface area contributed by atoms with Gasteiger partial charge in [0.2, 0.25) is 0 Å². The summed E-state index contributed by atoms with van der Waals surface area (Å²) in [4.78, 5) is 12.0. The molecule has 1 saturated heterocycles. The molecule has 0 aromatic heterocycles. The summed E-state index contributed by atoms with van der Waals surface area (Å²) in [7, 11) is 0. The summed E-state index contributed by atoms with van der Waals surface area (Å²) >= 11 is 12.1. The fourth-order valence-corrected chi connectivity index (χ4v) is 2.85. The first-order chi connectivity index (χ1) is 10.6. The van der Waals surface area contributed by atoms with Crippen molar-refractivity contribution in [3.63, 3.8) is 0 Å². The minimum Gasteiger partial charge on any atom is -0.462 e. The zero-order chi connectivity index (χ0) is 15.7. The van der Waals surface area contributed by atoms with E-state index in [0.717, 1.165) is 22.3 Å². The third-order valence-electron chi connectivity index (χ3n) is 3.68. The van der Waals surface area contributed by atoms with Crippen LogP contribution in [0, 0.1) is 6.92 Å². The first kappa shape index (κ1) is 15.1. The normalized spacial score (nSPS) is 16.6. The van der Waals surface area contributed by atoms with E-state index in [2.05, 4.69) is 0 Å². The SMILES string of the molecule is Cc1ccc(/C(=C2\CCOC2=O)c2ccc(Cl)c(Cl)c2)cc1. The van der Waals surface area contributed by atoms with Crippen molar-refractivity contribution in [3.8, 4) is 0 Å². The van der Waals surface area contributed by atoms with Crippen molar-refractivity contribution in [2.75, 3.05) is 6.61 Å². The van der Waals surface area contributed by atoms with E-state index in [4.69, 9.17) is 27.9 Å². The van der Waals surface area contributed by atoms with E-state index < -0.39 is 0 Å². The van der Waals surface area contributed by atoms with Crippen molar-refractivity contribution in [2.45, 2.75) is 13.3 Å². The monoisotopic (exact) mass is 332 g/mol. The van der Waals surface area contributed by atoms with Crippen LogP contribution in [0.2, 0.25) is 10.0 Å². The molecule has 1 fully saturated rings. The van der Waals surface area contributed by atoms with Crippen LogP contribution in [-0.4, -0.2) is 12.6 Å². The molecule has 0 unspecified atom stereocenters. The molecule has 22 heavy (non-hydrogen) atoms. The second-order valence-corrected chi connectivity index (χ2v) is 6.05.